The maximum atomic E-state index is 12.5. The zero-order chi connectivity index (χ0) is 20.1. The van der Waals surface area contributed by atoms with Crippen molar-refractivity contribution >= 4 is 29.1 Å². The van der Waals surface area contributed by atoms with Crippen molar-refractivity contribution in [2.45, 2.75) is 26.7 Å². The molecule has 0 saturated carbocycles. The van der Waals surface area contributed by atoms with Gasteiger partial charge in [0.05, 0.1) is 5.92 Å². The highest BCUT2D eigenvalue weighted by molar-refractivity contribution is 6.01. The van der Waals surface area contributed by atoms with Gasteiger partial charge in [0, 0.05) is 37.8 Å². The third kappa shape index (κ3) is 4.97. The molecule has 2 aromatic carbocycles. The molecule has 1 fully saturated rings. The first kappa shape index (κ1) is 19.6. The number of rotatable bonds is 6. The first-order valence-electron chi connectivity index (χ1n) is 9.43. The normalized spacial score (nSPS) is 16.1. The van der Waals surface area contributed by atoms with Crippen LogP contribution in [-0.4, -0.2) is 30.8 Å². The molecular weight excluding hydrogens is 354 g/mol. The zero-order valence-corrected chi connectivity index (χ0v) is 16.2. The van der Waals surface area contributed by atoms with E-state index in [1.54, 1.807) is 29.2 Å². The monoisotopic (exact) mass is 379 g/mol. The summed E-state index contributed by atoms with van der Waals surface area (Å²) in [5.41, 5.74) is 3.69. The van der Waals surface area contributed by atoms with E-state index < -0.39 is 0 Å². The summed E-state index contributed by atoms with van der Waals surface area (Å²) in [5.74, 6) is -0.717. The lowest BCUT2D eigenvalue weighted by molar-refractivity contribution is -0.126. The molecule has 1 aliphatic rings. The summed E-state index contributed by atoms with van der Waals surface area (Å²) in [4.78, 5) is 37.7. The van der Waals surface area contributed by atoms with E-state index >= 15 is 0 Å². The molecular formula is C22H25N3O3. The van der Waals surface area contributed by atoms with Crippen LogP contribution in [0.1, 0.15) is 24.5 Å². The summed E-state index contributed by atoms with van der Waals surface area (Å²) >= 11 is 0. The minimum Gasteiger partial charge on any atom is -0.355 e. The molecule has 0 aromatic heterocycles. The van der Waals surface area contributed by atoms with Crippen LogP contribution in [0.4, 0.5) is 11.4 Å². The van der Waals surface area contributed by atoms with Crippen LogP contribution in [0.25, 0.3) is 0 Å². The van der Waals surface area contributed by atoms with Gasteiger partial charge < -0.3 is 15.5 Å². The Morgan fingerprint density at radius 2 is 1.89 bits per heavy atom. The fraction of sp³-hybridized carbons (Fsp3) is 0.318. The Labute approximate surface area is 164 Å². The van der Waals surface area contributed by atoms with Crippen molar-refractivity contribution < 1.29 is 14.4 Å². The molecule has 6 heteroatoms. The molecule has 1 heterocycles. The van der Waals surface area contributed by atoms with Gasteiger partial charge in [-0.05, 0) is 37.1 Å². The minimum absolute atomic E-state index is 0.0846. The third-order valence-electron chi connectivity index (χ3n) is 4.81. The quantitative estimate of drug-likeness (QED) is 0.810. The number of hydrogen-bond donors (Lipinski definition) is 2. The topological polar surface area (TPSA) is 78.5 Å². The molecule has 146 valence electrons. The number of carbonyl (C=O) groups is 3. The summed E-state index contributed by atoms with van der Waals surface area (Å²) < 4.78 is 0. The molecule has 1 aliphatic heterocycles. The number of nitrogens with one attached hydrogen (secondary N) is 2. The number of anilines is 2. The van der Waals surface area contributed by atoms with Gasteiger partial charge >= 0.3 is 0 Å². The van der Waals surface area contributed by atoms with Crippen LogP contribution < -0.4 is 15.5 Å². The maximum absolute atomic E-state index is 12.5. The zero-order valence-electron chi connectivity index (χ0n) is 16.2. The fourth-order valence-corrected chi connectivity index (χ4v) is 3.32. The molecule has 0 radical (unpaired) electrons. The lowest BCUT2D eigenvalue weighted by atomic mass is 10.1. The SMILES string of the molecule is CC(=O)Nc1cccc(N2C[C@H](C(=O)NCCc3ccc(C)cc3)CC2=O)c1. The van der Waals surface area contributed by atoms with E-state index in [1.807, 2.05) is 6.92 Å². The van der Waals surface area contributed by atoms with Crippen molar-refractivity contribution in [3.8, 4) is 0 Å². The first-order valence-corrected chi connectivity index (χ1v) is 9.43. The van der Waals surface area contributed by atoms with E-state index in [-0.39, 0.29) is 30.1 Å². The summed E-state index contributed by atoms with van der Waals surface area (Å²) in [7, 11) is 0. The number of amides is 3. The van der Waals surface area contributed by atoms with Gasteiger partial charge in [-0.3, -0.25) is 14.4 Å². The lowest BCUT2D eigenvalue weighted by Gasteiger charge is -2.18. The Morgan fingerprint density at radius 1 is 1.14 bits per heavy atom. The average molecular weight is 379 g/mol. The number of benzene rings is 2. The van der Waals surface area contributed by atoms with Crippen molar-refractivity contribution in [2.75, 3.05) is 23.3 Å². The average Bonchev–Trinajstić information content (AvgIpc) is 3.05. The standard InChI is InChI=1S/C22H25N3O3/c1-15-6-8-17(9-7-15)10-11-23-22(28)18-12-21(27)25(14-18)20-5-3-4-19(13-20)24-16(2)26/h3-9,13,18H,10-12,14H2,1-2H3,(H,23,28)(H,24,26)/t18-/m1/s1. The second-order valence-electron chi connectivity index (χ2n) is 7.16. The molecule has 3 amide bonds. The van der Waals surface area contributed by atoms with Crippen molar-refractivity contribution in [3.63, 3.8) is 0 Å². The van der Waals surface area contributed by atoms with Crippen molar-refractivity contribution in [1.29, 1.82) is 0 Å². The summed E-state index contributed by atoms with van der Waals surface area (Å²) in [6.45, 7) is 4.37. The molecule has 0 aliphatic carbocycles. The Morgan fingerprint density at radius 3 is 2.61 bits per heavy atom. The Kier molecular flexibility index (Phi) is 6.09. The highest BCUT2D eigenvalue weighted by atomic mass is 16.2. The van der Waals surface area contributed by atoms with Crippen LogP contribution >= 0.6 is 0 Å². The van der Waals surface area contributed by atoms with Gasteiger partial charge in [-0.15, -0.1) is 0 Å². The molecule has 28 heavy (non-hydrogen) atoms. The van der Waals surface area contributed by atoms with Crippen LogP contribution in [0.5, 0.6) is 0 Å². The van der Waals surface area contributed by atoms with Gasteiger partial charge in [0.1, 0.15) is 0 Å². The fourth-order valence-electron chi connectivity index (χ4n) is 3.32. The van der Waals surface area contributed by atoms with Crippen molar-refractivity contribution in [3.05, 3.63) is 59.7 Å². The van der Waals surface area contributed by atoms with E-state index in [2.05, 4.69) is 34.9 Å². The molecule has 1 atom stereocenters. The van der Waals surface area contributed by atoms with Crippen LogP contribution in [0.2, 0.25) is 0 Å². The molecule has 2 aromatic rings. The van der Waals surface area contributed by atoms with Crippen LogP contribution in [0, 0.1) is 12.8 Å². The minimum atomic E-state index is -0.366. The molecule has 2 N–H and O–H groups in total. The Balaban J connectivity index is 1.55. The summed E-state index contributed by atoms with van der Waals surface area (Å²) in [5, 5.41) is 5.65. The van der Waals surface area contributed by atoms with Crippen molar-refractivity contribution in [1.82, 2.24) is 5.32 Å². The Bertz CT molecular complexity index is 877. The van der Waals surface area contributed by atoms with Crippen LogP contribution in [0.15, 0.2) is 48.5 Å². The van der Waals surface area contributed by atoms with E-state index in [0.717, 1.165) is 6.42 Å². The highest BCUT2D eigenvalue weighted by Crippen LogP contribution is 2.27. The van der Waals surface area contributed by atoms with Crippen LogP contribution in [0.3, 0.4) is 0 Å². The number of aryl methyl sites for hydroxylation is 1. The summed E-state index contributed by atoms with van der Waals surface area (Å²) in [6.07, 6.45) is 0.954. The van der Waals surface area contributed by atoms with Gasteiger partial charge in [-0.1, -0.05) is 35.9 Å². The first-order chi connectivity index (χ1) is 13.4. The number of carbonyl (C=O) groups excluding carboxylic acids is 3. The Hall–Kier alpha value is -3.15. The predicted octanol–water partition coefficient (Wildman–Crippen LogP) is 2.67. The lowest BCUT2D eigenvalue weighted by Crippen LogP contribution is -2.34. The molecule has 6 nitrogen and oxygen atoms in total. The predicted molar refractivity (Wildman–Crippen MR) is 109 cm³/mol. The molecule has 1 saturated heterocycles. The second kappa shape index (κ2) is 8.69. The number of hydrogen-bond acceptors (Lipinski definition) is 3. The maximum Gasteiger partial charge on any atom is 0.227 e. The van der Waals surface area contributed by atoms with E-state index in [9.17, 15) is 14.4 Å². The summed E-state index contributed by atoms with van der Waals surface area (Å²) in [6, 6.07) is 15.3. The van der Waals surface area contributed by atoms with Gasteiger partial charge in [0.15, 0.2) is 0 Å². The largest absolute Gasteiger partial charge is 0.355 e. The second-order valence-corrected chi connectivity index (χ2v) is 7.16. The number of nitrogens with zero attached hydrogens (tertiary/aromatic N) is 1. The van der Waals surface area contributed by atoms with Crippen LogP contribution in [-0.2, 0) is 20.8 Å². The van der Waals surface area contributed by atoms with Gasteiger partial charge in [0.25, 0.3) is 0 Å². The van der Waals surface area contributed by atoms with E-state index in [1.165, 1.54) is 18.1 Å². The van der Waals surface area contributed by atoms with E-state index in [4.69, 9.17) is 0 Å². The third-order valence-corrected chi connectivity index (χ3v) is 4.81. The molecule has 0 unspecified atom stereocenters. The van der Waals surface area contributed by atoms with Crippen molar-refractivity contribution in [2.24, 2.45) is 5.92 Å². The highest BCUT2D eigenvalue weighted by Gasteiger charge is 2.35. The van der Waals surface area contributed by atoms with Gasteiger partial charge in [-0.25, -0.2) is 0 Å². The van der Waals surface area contributed by atoms with Gasteiger partial charge in [0.2, 0.25) is 17.7 Å². The molecule has 3 rings (SSSR count). The molecule has 0 spiro atoms. The molecule has 0 bridgehead atoms. The van der Waals surface area contributed by atoms with Gasteiger partial charge in [-0.2, -0.15) is 0 Å². The smallest absolute Gasteiger partial charge is 0.227 e. The van der Waals surface area contributed by atoms with E-state index in [0.29, 0.717) is 24.5 Å².